The molecule has 0 bridgehead atoms. The third-order valence-corrected chi connectivity index (χ3v) is 3.18. The monoisotopic (exact) mass is 245 g/mol. The van der Waals surface area contributed by atoms with E-state index in [0.717, 1.165) is 0 Å². The predicted molar refractivity (Wildman–Crippen MR) is 63.7 cm³/mol. The first-order valence-corrected chi connectivity index (χ1v) is 5.99. The van der Waals surface area contributed by atoms with E-state index in [1.807, 2.05) is 13.8 Å². The van der Waals surface area contributed by atoms with Crippen LogP contribution in [0.4, 0.5) is 0 Å². The standard InChI is InChI=1S/C12H23NO4/c1-11(2,16-3)8-10(14)13-9-12(15)4-6-17-7-5-12/h15H,4-9H2,1-3H3,(H,13,14). The number of hydrogen-bond donors (Lipinski definition) is 2. The lowest BCUT2D eigenvalue weighted by Crippen LogP contribution is -2.47. The molecule has 1 amide bonds. The van der Waals surface area contributed by atoms with Crippen LogP contribution in [0.3, 0.4) is 0 Å². The van der Waals surface area contributed by atoms with E-state index in [0.29, 0.717) is 26.1 Å². The first-order valence-electron chi connectivity index (χ1n) is 5.99. The Balaban J connectivity index is 2.32. The summed E-state index contributed by atoms with van der Waals surface area (Å²) >= 11 is 0. The van der Waals surface area contributed by atoms with Gasteiger partial charge in [0.25, 0.3) is 0 Å². The zero-order valence-corrected chi connectivity index (χ0v) is 10.9. The maximum absolute atomic E-state index is 11.7. The SMILES string of the molecule is COC(C)(C)CC(=O)NCC1(O)CCOCC1. The van der Waals surface area contributed by atoms with Crippen LogP contribution in [0.25, 0.3) is 0 Å². The summed E-state index contributed by atoms with van der Waals surface area (Å²) in [6.07, 6.45) is 1.43. The molecule has 1 heterocycles. The molecule has 100 valence electrons. The van der Waals surface area contributed by atoms with Crippen LogP contribution < -0.4 is 5.32 Å². The second-order valence-corrected chi connectivity index (χ2v) is 5.25. The molecule has 0 spiro atoms. The molecule has 2 N–H and O–H groups in total. The van der Waals surface area contributed by atoms with Gasteiger partial charge in [-0.1, -0.05) is 0 Å². The highest BCUT2D eigenvalue weighted by molar-refractivity contribution is 5.77. The third kappa shape index (κ3) is 5.02. The molecule has 0 aromatic heterocycles. The fourth-order valence-corrected chi connectivity index (χ4v) is 1.71. The van der Waals surface area contributed by atoms with Gasteiger partial charge in [0.1, 0.15) is 0 Å². The summed E-state index contributed by atoms with van der Waals surface area (Å²) in [4.78, 5) is 11.7. The fourth-order valence-electron chi connectivity index (χ4n) is 1.71. The smallest absolute Gasteiger partial charge is 0.222 e. The molecule has 1 rings (SSSR count). The van der Waals surface area contributed by atoms with Crippen molar-refractivity contribution in [3.8, 4) is 0 Å². The van der Waals surface area contributed by atoms with Crippen molar-refractivity contribution in [2.45, 2.75) is 44.3 Å². The summed E-state index contributed by atoms with van der Waals surface area (Å²) in [6, 6.07) is 0. The van der Waals surface area contributed by atoms with Gasteiger partial charge in [-0.2, -0.15) is 0 Å². The Labute approximate surface area is 102 Å². The van der Waals surface area contributed by atoms with Gasteiger partial charge >= 0.3 is 0 Å². The van der Waals surface area contributed by atoms with E-state index < -0.39 is 11.2 Å². The molecule has 1 saturated heterocycles. The van der Waals surface area contributed by atoms with E-state index in [9.17, 15) is 9.90 Å². The van der Waals surface area contributed by atoms with Crippen LogP contribution in [0, 0.1) is 0 Å². The summed E-state index contributed by atoms with van der Waals surface area (Å²) in [5.74, 6) is -0.100. The van der Waals surface area contributed by atoms with E-state index in [1.165, 1.54) is 0 Å². The second-order valence-electron chi connectivity index (χ2n) is 5.25. The van der Waals surface area contributed by atoms with Gasteiger partial charge in [0.05, 0.1) is 17.6 Å². The molecule has 1 aliphatic rings. The Kier molecular flexibility index (Phi) is 4.91. The van der Waals surface area contributed by atoms with Crippen LogP contribution in [0.1, 0.15) is 33.1 Å². The van der Waals surface area contributed by atoms with Crippen LogP contribution in [-0.4, -0.2) is 49.1 Å². The van der Waals surface area contributed by atoms with Gasteiger partial charge in [0.15, 0.2) is 0 Å². The molecular weight excluding hydrogens is 222 g/mol. The Morgan fingerprint density at radius 3 is 2.59 bits per heavy atom. The molecule has 17 heavy (non-hydrogen) atoms. The predicted octanol–water partition coefficient (Wildman–Crippen LogP) is 0.459. The van der Waals surface area contributed by atoms with Gasteiger partial charge in [-0.05, 0) is 13.8 Å². The summed E-state index contributed by atoms with van der Waals surface area (Å²) < 4.78 is 10.4. The summed E-state index contributed by atoms with van der Waals surface area (Å²) in [5, 5.41) is 12.9. The van der Waals surface area contributed by atoms with Crippen molar-refractivity contribution in [2.75, 3.05) is 26.9 Å². The average Bonchev–Trinajstić information content (AvgIpc) is 2.27. The van der Waals surface area contributed by atoms with Crippen LogP contribution in [0.5, 0.6) is 0 Å². The summed E-state index contributed by atoms with van der Waals surface area (Å²) in [6.45, 7) is 5.10. The lowest BCUT2D eigenvalue weighted by Gasteiger charge is -2.32. The third-order valence-electron chi connectivity index (χ3n) is 3.18. The Morgan fingerprint density at radius 1 is 1.47 bits per heavy atom. The number of carbonyl (C=O) groups excluding carboxylic acids is 1. The minimum Gasteiger partial charge on any atom is -0.388 e. The Bertz CT molecular complexity index is 259. The largest absolute Gasteiger partial charge is 0.388 e. The molecular formula is C12H23NO4. The molecule has 1 fully saturated rings. The van der Waals surface area contributed by atoms with Crippen molar-refractivity contribution < 1.29 is 19.4 Å². The summed E-state index contributed by atoms with van der Waals surface area (Å²) in [7, 11) is 1.58. The maximum Gasteiger partial charge on any atom is 0.222 e. The first kappa shape index (κ1) is 14.4. The minimum absolute atomic E-state index is 0.100. The van der Waals surface area contributed by atoms with Crippen LogP contribution in [0.15, 0.2) is 0 Å². The average molecular weight is 245 g/mol. The topological polar surface area (TPSA) is 67.8 Å². The quantitative estimate of drug-likeness (QED) is 0.738. The lowest BCUT2D eigenvalue weighted by atomic mass is 9.94. The number of aliphatic hydroxyl groups is 1. The second kappa shape index (κ2) is 5.80. The highest BCUT2D eigenvalue weighted by atomic mass is 16.5. The van der Waals surface area contributed by atoms with E-state index in [-0.39, 0.29) is 18.9 Å². The summed E-state index contributed by atoms with van der Waals surface area (Å²) in [5.41, 5.74) is -1.28. The number of methoxy groups -OCH3 is 1. The number of rotatable bonds is 5. The molecule has 1 aliphatic heterocycles. The zero-order valence-electron chi connectivity index (χ0n) is 10.9. The van der Waals surface area contributed by atoms with Crippen LogP contribution >= 0.6 is 0 Å². The van der Waals surface area contributed by atoms with Gasteiger partial charge in [-0.3, -0.25) is 4.79 Å². The lowest BCUT2D eigenvalue weighted by molar-refractivity contribution is -0.128. The molecule has 5 heteroatoms. The zero-order chi connectivity index (χ0) is 12.9. The molecule has 0 radical (unpaired) electrons. The molecule has 0 unspecified atom stereocenters. The van der Waals surface area contributed by atoms with Crippen LogP contribution in [0.2, 0.25) is 0 Å². The van der Waals surface area contributed by atoms with Crippen molar-refractivity contribution in [1.82, 2.24) is 5.32 Å². The van der Waals surface area contributed by atoms with E-state index in [4.69, 9.17) is 9.47 Å². The van der Waals surface area contributed by atoms with Gasteiger partial charge in [-0.15, -0.1) is 0 Å². The Morgan fingerprint density at radius 2 is 2.06 bits per heavy atom. The maximum atomic E-state index is 11.7. The molecule has 0 aliphatic carbocycles. The van der Waals surface area contributed by atoms with Crippen molar-refractivity contribution in [3.05, 3.63) is 0 Å². The van der Waals surface area contributed by atoms with Crippen LogP contribution in [-0.2, 0) is 14.3 Å². The molecule has 0 saturated carbocycles. The van der Waals surface area contributed by atoms with Crippen molar-refractivity contribution in [1.29, 1.82) is 0 Å². The van der Waals surface area contributed by atoms with Crippen molar-refractivity contribution in [3.63, 3.8) is 0 Å². The number of ether oxygens (including phenoxy) is 2. The van der Waals surface area contributed by atoms with Crippen molar-refractivity contribution in [2.24, 2.45) is 0 Å². The van der Waals surface area contributed by atoms with Gasteiger partial charge in [0.2, 0.25) is 5.91 Å². The van der Waals surface area contributed by atoms with E-state index in [1.54, 1.807) is 7.11 Å². The fraction of sp³-hybridized carbons (Fsp3) is 0.917. The highest BCUT2D eigenvalue weighted by Gasteiger charge is 2.30. The van der Waals surface area contributed by atoms with Crippen molar-refractivity contribution >= 4 is 5.91 Å². The van der Waals surface area contributed by atoms with Gasteiger partial charge < -0.3 is 19.9 Å². The number of amides is 1. The normalized spacial score (nSPS) is 20.0. The van der Waals surface area contributed by atoms with Gasteiger partial charge in [0, 0.05) is 39.7 Å². The molecule has 0 aromatic carbocycles. The number of carbonyl (C=O) groups is 1. The Hall–Kier alpha value is -0.650. The van der Waals surface area contributed by atoms with Gasteiger partial charge in [-0.25, -0.2) is 0 Å². The first-order chi connectivity index (χ1) is 7.87. The molecule has 5 nitrogen and oxygen atoms in total. The highest BCUT2D eigenvalue weighted by Crippen LogP contribution is 2.19. The molecule has 0 atom stereocenters. The minimum atomic E-state index is -0.814. The molecule has 0 aromatic rings. The number of hydrogen-bond acceptors (Lipinski definition) is 4. The number of nitrogens with one attached hydrogen (secondary N) is 1. The van der Waals surface area contributed by atoms with E-state index >= 15 is 0 Å². The van der Waals surface area contributed by atoms with E-state index in [2.05, 4.69) is 5.32 Å².